The predicted molar refractivity (Wildman–Crippen MR) is 212 cm³/mol. The molecule has 1 heteroatoms. The third kappa shape index (κ3) is 4.68. The molecule has 0 saturated carbocycles. The van der Waals surface area contributed by atoms with Gasteiger partial charge < -0.3 is 4.90 Å². The van der Waals surface area contributed by atoms with E-state index in [-0.39, 0.29) is 10.8 Å². The average molecular weight is 644 g/mol. The molecule has 242 valence electrons. The van der Waals surface area contributed by atoms with Crippen LogP contribution in [0.25, 0.3) is 39.0 Å². The van der Waals surface area contributed by atoms with Crippen LogP contribution < -0.4 is 4.90 Å². The molecule has 50 heavy (non-hydrogen) atoms. The van der Waals surface area contributed by atoms with Gasteiger partial charge in [0.1, 0.15) is 0 Å². The lowest BCUT2D eigenvalue weighted by Gasteiger charge is -2.29. The zero-order chi connectivity index (χ0) is 34.0. The van der Waals surface area contributed by atoms with Crippen LogP contribution in [0, 0.1) is 0 Å². The summed E-state index contributed by atoms with van der Waals surface area (Å²) in [5.41, 5.74) is 19.5. The highest BCUT2D eigenvalue weighted by Crippen LogP contribution is 2.53. The zero-order valence-electron chi connectivity index (χ0n) is 29.2. The Morgan fingerprint density at radius 3 is 1.84 bits per heavy atom. The number of fused-ring (bicyclic) bond motifs is 6. The molecule has 0 amide bonds. The SMILES string of the molecule is CC1(C)c2ccccc2-c2ccc(N(C3=CC=C(c4ccccc4)C=CC3)c3ccc(-c4cccc5c4-c4ccccc4C5(C)C)cc3)cc21. The van der Waals surface area contributed by atoms with Gasteiger partial charge in [-0.15, -0.1) is 0 Å². The Morgan fingerprint density at radius 2 is 1.06 bits per heavy atom. The second-order valence-electron chi connectivity index (χ2n) is 14.9. The minimum atomic E-state index is -0.0761. The Balaban J connectivity index is 1.17. The molecule has 0 saturated heterocycles. The molecule has 0 spiro atoms. The van der Waals surface area contributed by atoms with E-state index in [1.165, 1.54) is 78.2 Å². The number of rotatable bonds is 5. The zero-order valence-corrected chi connectivity index (χ0v) is 29.2. The first kappa shape index (κ1) is 30.4. The van der Waals surface area contributed by atoms with Crippen LogP contribution in [-0.4, -0.2) is 0 Å². The van der Waals surface area contributed by atoms with Crippen molar-refractivity contribution in [2.45, 2.75) is 44.9 Å². The molecule has 0 bridgehead atoms. The van der Waals surface area contributed by atoms with Crippen LogP contribution in [0.2, 0.25) is 0 Å². The molecular weight excluding hydrogens is 603 g/mol. The predicted octanol–water partition coefficient (Wildman–Crippen LogP) is 13.0. The fourth-order valence-electron chi connectivity index (χ4n) is 8.70. The van der Waals surface area contributed by atoms with E-state index >= 15 is 0 Å². The van der Waals surface area contributed by atoms with Crippen molar-refractivity contribution in [1.82, 2.24) is 0 Å². The van der Waals surface area contributed by atoms with Gasteiger partial charge >= 0.3 is 0 Å². The summed E-state index contributed by atoms with van der Waals surface area (Å²) in [6, 6.07) is 51.7. The number of hydrogen-bond acceptors (Lipinski definition) is 1. The lowest BCUT2D eigenvalue weighted by Crippen LogP contribution is -2.19. The summed E-state index contributed by atoms with van der Waals surface area (Å²) >= 11 is 0. The number of allylic oxidation sites excluding steroid dienone is 5. The van der Waals surface area contributed by atoms with Gasteiger partial charge in [0.2, 0.25) is 0 Å². The Kier molecular flexibility index (Phi) is 6.97. The van der Waals surface area contributed by atoms with Gasteiger partial charge in [-0.25, -0.2) is 0 Å². The minimum absolute atomic E-state index is 0.0225. The number of benzene rings is 6. The van der Waals surface area contributed by atoms with Crippen molar-refractivity contribution in [1.29, 1.82) is 0 Å². The molecule has 9 rings (SSSR count). The second-order valence-corrected chi connectivity index (χ2v) is 14.9. The van der Waals surface area contributed by atoms with E-state index in [1.807, 2.05) is 0 Å². The van der Waals surface area contributed by atoms with Gasteiger partial charge in [-0.3, -0.25) is 0 Å². The molecule has 0 fully saturated rings. The number of hydrogen-bond donors (Lipinski definition) is 0. The maximum absolute atomic E-state index is 2.46. The topological polar surface area (TPSA) is 3.24 Å². The summed E-state index contributed by atoms with van der Waals surface area (Å²) in [4.78, 5) is 2.46. The van der Waals surface area contributed by atoms with Crippen LogP contribution >= 0.6 is 0 Å². The molecule has 0 radical (unpaired) electrons. The van der Waals surface area contributed by atoms with E-state index in [9.17, 15) is 0 Å². The highest BCUT2D eigenvalue weighted by atomic mass is 15.1. The second kappa shape index (κ2) is 11.5. The van der Waals surface area contributed by atoms with Crippen molar-refractivity contribution in [3.63, 3.8) is 0 Å². The fraction of sp³-hybridized carbons (Fsp3) is 0.143. The van der Waals surface area contributed by atoms with E-state index in [1.54, 1.807) is 0 Å². The van der Waals surface area contributed by atoms with Crippen molar-refractivity contribution >= 4 is 16.9 Å². The van der Waals surface area contributed by atoms with Gasteiger partial charge in [0, 0.05) is 34.3 Å². The molecular formula is C49H41N. The Hall–Kier alpha value is -5.66. The quantitative estimate of drug-likeness (QED) is 0.181. The van der Waals surface area contributed by atoms with E-state index in [4.69, 9.17) is 0 Å². The lowest BCUT2D eigenvalue weighted by molar-refractivity contribution is 0.660. The monoisotopic (exact) mass is 643 g/mol. The van der Waals surface area contributed by atoms with Crippen LogP contribution in [-0.2, 0) is 10.8 Å². The van der Waals surface area contributed by atoms with Crippen molar-refractivity contribution in [3.05, 3.63) is 197 Å². The first-order valence-electron chi connectivity index (χ1n) is 17.8. The van der Waals surface area contributed by atoms with Crippen molar-refractivity contribution in [2.24, 2.45) is 0 Å². The van der Waals surface area contributed by atoms with Crippen LogP contribution in [0.15, 0.2) is 170 Å². The molecule has 0 heterocycles. The Labute approximate surface area is 296 Å². The maximum Gasteiger partial charge on any atom is 0.0462 e. The molecule has 0 aliphatic heterocycles. The van der Waals surface area contributed by atoms with Crippen LogP contribution in [0.3, 0.4) is 0 Å². The third-order valence-electron chi connectivity index (χ3n) is 11.3. The molecule has 0 atom stereocenters. The first-order chi connectivity index (χ1) is 24.3. The standard InChI is InChI=1S/C49H41N/c1-48(2)44-22-11-9-19-42(44)47-39(20-13-23-45(47)48)35-25-28-37(29-26-35)50(36-17-12-16-34(24-27-36)33-14-6-5-7-15-33)38-30-31-41-40-18-8-10-21-43(40)49(3,4)46(41)32-38/h5-16,18-32H,17H2,1-4H3. The summed E-state index contributed by atoms with van der Waals surface area (Å²) in [5.74, 6) is 0. The minimum Gasteiger partial charge on any atom is -0.314 e. The van der Waals surface area contributed by atoms with E-state index in [0.717, 1.165) is 12.1 Å². The van der Waals surface area contributed by atoms with Gasteiger partial charge in [-0.2, -0.15) is 0 Å². The normalized spacial score (nSPS) is 16.0. The summed E-state index contributed by atoms with van der Waals surface area (Å²) < 4.78 is 0. The Bertz CT molecular complexity index is 2380. The molecule has 6 aromatic carbocycles. The molecule has 0 N–H and O–H groups in total. The van der Waals surface area contributed by atoms with Crippen molar-refractivity contribution < 1.29 is 0 Å². The number of anilines is 2. The van der Waals surface area contributed by atoms with Crippen molar-refractivity contribution in [3.8, 4) is 33.4 Å². The van der Waals surface area contributed by atoms with E-state index in [2.05, 4.69) is 196 Å². The van der Waals surface area contributed by atoms with Gasteiger partial charge in [0.05, 0.1) is 0 Å². The third-order valence-corrected chi connectivity index (χ3v) is 11.3. The molecule has 3 aliphatic carbocycles. The van der Waals surface area contributed by atoms with E-state index < -0.39 is 0 Å². The van der Waals surface area contributed by atoms with Gasteiger partial charge in [-0.05, 0) is 97.1 Å². The highest BCUT2D eigenvalue weighted by molar-refractivity contribution is 5.93. The molecule has 6 aromatic rings. The Morgan fingerprint density at radius 1 is 0.460 bits per heavy atom. The number of nitrogens with zero attached hydrogens (tertiary/aromatic N) is 1. The van der Waals surface area contributed by atoms with Crippen molar-refractivity contribution in [2.75, 3.05) is 4.90 Å². The molecule has 0 unspecified atom stereocenters. The summed E-state index contributed by atoms with van der Waals surface area (Å²) in [6.45, 7) is 9.43. The van der Waals surface area contributed by atoms with Gasteiger partial charge in [-0.1, -0.05) is 161 Å². The summed E-state index contributed by atoms with van der Waals surface area (Å²) in [6.07, 6.45) is 9.98. The highest BCUT2D eigenvalue weighted by Gasteiger charge is 2.37. The first-order valence-corrected chi connectivity index (χ1v) is 17.8. The van der Waals surface area contributed by atoms with Gasteiger partial charge in [0.15, 0.2) is 0 Å². The summed E-state index contributed by atoms with van der Waals surface area (Å²) in [5, 5.41) is 0. The average Bonchev–Trinajstić information content (AvgIpc) is 3.36. The van der Waals surface area contributed by atoms with E-state index in [0.29, 0.717) is 0 Å². The lowest BCUT2D eigenvalue weighted by atomic mass is 9.82. The van der Waals surface area contributed by atoms with Crippen LogP contribution in [0.4, 0.5) is 11.4 Å². The van der Waals surface area contributed by atoms with Crippen LogP contribution in [0.5, 0.6) is 0 Å². The smallest absolute Gasteiger partial charge is 0.0462 e. The van der Waals surface area contributed by atoms with Gasteiger partial charge in [0.25, 0.3) is 0 Å². The molecule has 0 aromatic heterocycles. The molecule has 3 aliphatic rings. The van der Waals surface area contributed by atoms with Crippen LogP contribution in [0.1, 0.15) is 61.9 Å². The molecule has 1 nitrogen and oxygen atoms in total. The largest absolute Gasteiger partial charge is 0.314 e. The fourth-order valence-corrected chi connectivity index (χ4v) is 8.70. The summed E-state index contributed by atoms with van der Waals surface area (Å²) in [7, 11) is 0. The maximum atomic E-state index is 2.46.